The van der Waals surface area contributed by atoms with Gasteiger partial charge in [-0.3, -0.25) is 9.59 Å². The molecule has 0 bridgehead atoms. The lowest BCUT2D eigenvalue weighted by Gasteiger charge is -2.39. The summed E-state index contributed by atoms with van der Waals surface area (Å²) in [5.74, 6) is -3.06. The minimum absolute atomic E-state index is 0.153. The van der Waals surface area contributed by atoms with Gasteiger partial charge in [-0.15, -0.1) is 0 Å². The summed E-state index contributed by atoms with van der Waals surface area (Å²) in [5.41, 5.74) is 4.82. The van der Waals surface area contributed by atoms with Crippen molar-refractivity contribution in [3.05, 3.63) is 87.8 Å². The van der Waals surface area contributed by atoms with Gasteiger partial charge in [0.15, 0.2) is 5.78 Å². The summed E-state index contributed by atoms with van der Waals surface area (Å²) < 4.78 is 16.4. The molecule has 0 fully saturated rings. The molecule has 0 aromatic heterocycles. The van der Waals surface area contributed by atoms with Crippen LogP contribution in [0.3, 0.4) is 0 Å². The van der Waals surface area contributed by atoms with Crippen molar-refractivity contribution in [3.8, 4) is 5.75 Å². The molecule has 0 amide bonds. The normalized spacial score (nSPS) is 21.0. The number of methoxy groups -OCH3 is 1. The molecule has 200 valence electrons. The van der Waals surface area contributed by atoms with E-state index >= 15 is 0 Å². The van der Waals surface area contributed by atoms with E-state index in [1.54, 1.807) is 21.0 Å². The van der Waals surface area contributed by atoms with Gasteiger partial charge in [0.05, 0.1) is 25.9 Å². The van der Waals surface area contributed by atoms with Crippen molar-refractivity contribution in [3.63, 3.8) is 0 Å². The molecule has 2 aromatic carbocycles. The van der Waals surface area contributed by atoms with Gasteiger partial charge in [0.25, 0.3) is 0 Å². The number of benzene rings is 2. The molecule has 7 heteroatoms. The summed E-state index contributed by atoms with van der Waals surface area (Å²) in [6.45, 7) is 7.72. The van der Waals surface area contributed by atoms with E-state index in [-0.39, 0.29) is 19.0 Å². The minimum atomic E-state index is -1.08. The third-order valence-electron chi connectivity index (χ3n) is 7.31. The summed E-state index contributed by atoms with van der Waals surface area (Å²) in [4.78, 5) is 41.0. The topological polar surface area (TPSA) is 90.9 Å². The Bertz CT molecular complexity index is 1290. The second-order valence-corrected chi connectivity index (χ2v) is 9.45. The first-order valence-electron chi connectivity index (χ1n) is 13.2. The second kappa shape index (κ2) is 11.7. The Morgan fingerprint density at radius 3 is 2.29 bits per heavy atom. The maximum absolute atomic E-state index is 14.4. The lowest BCUT2D eigenvalue weighted by Crippen LogP contribution is -2.43. The van der Waals surface area contributed by atoms with Crippen LogP contribution in [0.5, 0.6) is 5.75 Å². The van der Waals surface area contributed by atoms with Gasteiger partial charge in [0.2, 0.25) is 0 Å². The third-order valence-corrected chi connectivity index (χ3v) is 7.31. The largest absolute Gasteiger partial charge is 0.496 e. The van der Waals surface area contributed by atoms with Crippen LogP contribution in [0.15, 0.2) is 71.1 Å². The van der Waals surface area contributed by atoms with E-state index < -0.39 is 29.7 Å². The number of ether oxygens (including phenoxy) is 3. The van der Waals surface area contributed by atoms with Crippen molar-refractivity contribution < 1.29 is 28.6 Å². The highest BCUT2D eigenvalue weighted by Gasteiger charge is 2.49. The predicted octanol–water partition coefficient (Wildman–Crippen LogP) is 4.97. The van der Waals surface area contributed by atoms with Crippen LogP contribution in [0.1, 0.15) is 62.6 Å². The number of carbonyl (C=O) groups excluding carboxylic acids is 3. The van der Waals surface area contributed by atoms with E-state index in [0.29, 0.717) is 34.7 Å². The van der Waals surface area contributed by atoms with Crippen molar-refractivity contribution in [2.45, 2.75) is 52.4 Å². The van der Waals surface area contributed by atoms with Crippen molar-refractivity contribution in [1.82, 2.24) is 5.32 Å². The Kier molecular flexibility index (Phi) is 8.35. The number of dihydropyridines is 1. The highest BCUT2D eigenvalue weighted by molar-refractivity contribution is 6.13. The second-order valence-electron chi connectivity index (χ2n) is 9.45. The molecular formula is C31H35NO6. The van der Waals surface area contributed by atoms with E-state index in [9.17, 15) is 14.4 Å². The Balaban J connectivity index is 1.91. The van der Waals surface area contributed by atoms with E-state index in [4.69, 9.17) is 14.2 Å². The van der Waals surface area contributed by atoms with Gasteiger partial charge in [-0.25, -0.2) is 4.79 Å². The lowest BCUT2D eigenvalue weighted by atomic mass is 9.67. The maximum Gasteiger partial charge on any atom is 0.336 e. The van der Waals surface area contributed by atoms with Crippen LogP contribution >= 0.6 is 0 Å². The molecule has 4 rings (SSSR count). The van der Waals surface area contributed by atoms with Gasteiger partial charge in [0, 0.05) is 28.8 Å². The van der Waals surface area contributed by atoms with Crippen LogP contribution in [0.4, 0.5) is 0 Å². The zero-order valence-corrected chi connectivity index (χ0v) is 22.6. The highest BCUT2D eigenvalue weighted by atomic mass is 16.5. The highest BCUT2D eigenvalue weighted by Crippen LogP contribution is 2.49. The first-order chi connectivity index (χ1) is 18.4. The summed E-state index contributed by atoms with van der Waals surface area (Å²) in [6.07, 6.45) is 1.24. The molecule has 2 aromatic rings. The molecule has 3 atom stereocenters. The Labute approximate surface area is 223 Å². The number of ketones is 1. The first-order valence-corrected chi connectivity index (χ1v) is 13.2. The number of aryl methyl sites for hydroxylation is 1. The number of esters is 2. The van der Waals surface area contributed by atoms with Crippen LogP contribution in [0.25, 0.3) is 0 Å². The number of nitrogens with one attached hydrogen (secondary N) is 1. The summed E-state index contributed by atoms with van der Waals surface area (Å²) in [5, 5.41) is 3.33. The molecular weight excluding hydrogens is 482 g/mol. The SMILES string of the molecule is CCOC(=O)C1=C(C)NC2=C(C(=O)[C@@H](C(=O)OCC)[C@@H](c3ccccc3OC)C2)[C@H]1c1ccc(CC)cc1. The van der Waals surface area contributed by atoms with E-state index in [1.807, 2.05) is 55.5 Å². The van der Waals surface area contributed by atoms with Gasteiger partial charge >= 0.3 is 11.9 Å². The predicted molar refractivity (Wildman–Crippen MR) is 144 cm³/mol. The van der Waals surface area contributed by atoms with Gasteiger partial charge in [0.1, 0.15) is 11.7 Å². The number of allylic oxidation sites excluding steroid dienone is 3. The zero-order valence-electron chi connectivity index (χ0n) is 22.6. The molecule has 2 aliphatic rings. The van der Waals surface area contributed by atoms with E-state index in [2.05, 4.69) is 12.2 Å². The van der Waals surface area contributed by atoms with Crippen LogP contribution in [0.2, 0.25) is 0 Å². The monoisotopic (exact) mass is 517 g/mol. The van der Waals surface area contributed by atoms with Crippen LogP contribution in [0, 0.1) is 5.92 Å². The van der Waals surface area contributed by atoms with E-state index in [0.717, 1.165) is 23.1 Å². The zero-order chi connectivity index (χ0) is 27.4. The smallest absolute Gasteiger partial charge is 0.336 e. The summed E-state index contributed by atoms with van der Waals surface area (Å²) in [6, 6.07) is 15.3. The fraction of sp³-hybridized carbons (Fsp3) is 0.387. The summed E-state index contributed by atoms with van der Waals surface area (Å²) in [7, 11) is 1.57. The Morgan fingerprint density at radius 2 is 1.66 bits per heavy atom. The molecule has 38 heavy (non-hydrogen) atoms. The quantitative estimate of drug-likeness (QED) is 0.390. The number of Topliss-reactive ketones (excluding diaryl/α,β-unsaturated/α-hetero) is 1. The van der Waals surface area contributed by atoms with Crippen LogP contribution < -0.4 is 10.1 Å². The average molecular weight is 518 g/mol. The molecule has 0 unspecified atom stereocenters. The lowest BCUT2D eigenvalue weighted by molar-refractivity contribution is -0.152. The van der Waals surface area contributed by atoms with Gasteiger partial charge in [-0.2, -0.15) is 0 Å². The fourth-order valence-corrected chi connectivity index (χ4v) is 5.56. The Morgan fingerprint density at radius 1 is 0.974 bits per heavy atom. The number of hydrogen-bond donors (Lipinski definition) is 1. The summed E-state index contributed by atoms with van der Waals surface area (Å²) >= 11 is 0. The number of rotatable bonds is 8. The van der Waals surface area contributed by atoms with Crippen LogP contribution in [-0.2, 0) is 30.3 Å². The number of hydrogen-bond acceptors (Lipinski definition) is 7. The molecule has 0 saturated carbocycles. The molecule has 1 aliphatic heterocycles. The molecule has 0 radical (unpaired) electrons. The number of carbonyl (C=O) groups is 3. The van der Waals surface area contributed by atoms with Gasteiger partial charge in [-0.1, -0.05) is 49.4 Å². The first kappa shape index (κ1) is 27.2. The molecule has 1 aliphatic carbocycles. The fourth-order valence-electron chi connectivity index (χ4n) is 5.56. The molecule has 7 nitrogen and oxygen atoms in total. The van der Waals surface area contributed by atoms with Crippen molar-refractivity contribution in [2.75, 3.05) is 20.3 Å². The van der Waals surface area contributed by atoms with Gasteiger partial charge < -0.3 is 19.5 Å². The van der Waals surface area contributed by atoms with Crippen molar-refractivity contribution in [1.29, 1.82) is 0 Å². The van der Waals surface area contributed by atoms with E-state index in [1.165, 1.54) is 0 Å². The molecule has 0 saturated heterocycles. The van der Waals surface area contributed by atoms with Crippen molar-refractivity contribution >= 4 is 17.7 Å². The Hall–Kier alpha value is -3.87. The standard InChI is InChI=1S/C31H35NO6/c1-6-19-13-15-20(16-14-19)26-25(30(34)37-7-2)18(4)32-23-17-22(21-11-9-10-12-24(21)36-5)27(29(33)28(23)26)31(35)38-8-3/h9-16,22,26-27,32H,6-8,17H2,1-5H3/t22-,26+,27+/m1/s1. The molecule has 0 spiro atoms. The number of para-hydroxylation sites is 1. The minimum Gasteiger partial charge on any atom is -0.496 e. The maximum atomic E-state index is 14.4. The van der Waals surface area contributed by atoms with Crippen molar-refractivity contribution in [2.24, 2.45) is 5.92 Å². The average Bonchev–Trinajstić information content (AvgIpc) is 2.92. The third kappa shape index (κ3) is 4.97. The molecule has 1 N–H and O–H groups in total. The molecule has 1 heterocycles. The van der Waals surface area contributed by atoms with Crippen LogP contribution in [-0.4, -0.2) is 38.0 Å². The van der Waals surface area contributed by atoms with Gasteiger partial charge in [-0.05, 0) is 56.4 Å².